The second kappa shape index (κ2) is 56.5. The van der Waals surface area contributed by atoms with Gasteiger partial charge < -0.3 is 28.5 Å². The Morgan fingerprint density at radius 3 is 1.23 bits per heavy atom. The first kappa shape index (κ1) is 74.2. The van der Waals surface area contributed by atoms with Gasteiger partial charge in [-0.15, -0.1) is 0 Å². The molecular formula is C67H121N2O7P. The van der Waals surface area contributed by atoms with Gasteiger partial charge in [0.15, 0.2) is 0 Å². The summed E-state index contributed by atoms with van der Waals surface area (Å²) in [6, 6.07) is -0.918. The minimum Gasteiger partial charge on any atom is -0.756 e. The molecule has 0 rings (SSSR count). The van der Waals surface area contributed by atoms with Crippen molar-refractivity contribution in [2.45, 2.75) is 290 Å². The van der Waals surface area contributed by atoms with Gasteiger partial charge >= 0.3 is 5.97 Å². The average molecular weight is 1100 g/mol. The van der Waals surface area contributed by atoms with Crippen LogP contribution in [0.3, 0.4) is 0 Å². The van der Waals surface area contributed by atoms with Crippen LogP contribution >= 0.6 is 7.82 Å². The molecule has 3 atom stereocenters. The highest BCUT2D eigenvalue weighted by atomic mass is 31.2. The third-order valence-electron chi connectivity index (χ3n) is 13.8. The van der Waals surface area contributed by atoms with Crippen molar-refractivity contribution in [3.05, 3.63) is 85.1 Å². The number of quaternary nitrogens is 1. The molecule has 9 nitrogen and oxygen atoms in total. The number of allylic oxidation sites excluding steroid dienone is 13. The second-order valence-corrected chi connectivity index (χ2v) is 24.0. The normalized spacial score (nSPS) is 14.2. The number of likely N-dealkylation sites (N-methyl/N-ethyl adjacent to an activating group) is 1. The summed E-state index contributed by atoms with van der Waals surface area (Å²) < 4.78 is 30.2. The van der Waals surface area contributed by atoms with Crippen LogP contribution < -0.4 is 10.2 Å². The lowest BCUT2D eigenvalue weighted by molar-refractivity contribution is -0.870. The van der Waals surface area contributed by atoms with Crippen LogP contribution in [-0.4, -0.2) is 69.4 Å². The Labute approximate surface area is 476 Å². The van der Waals surface area contributed by atoms with E-state index in [-0.39, 0.29) is 18.9 Å². The summed E-state index contributed by atoms with van der Waals surface area (Å²) in [4.78, 5) is 39.9. The molecule has 0 aliphatic rings. The largest absolute Gasteiger partial charge is 0.756 e. The number of carbonyl (C=O) groups is 2. The van der Waals surface area contributed by atoms with Crippen molar-refractivity contribution >= 4 is 19.7 Å². The number of amides is 1. The van der Waals surface area contributed by atoms with Crippen LogP contribution in [0.15, 0.2) is 85.1 Å². The number of unbranched alkanes of at least 4 members (excludes halogenated alkanes) is 29. The van der Waals surface area contributed by atoms with E-state index in [0.717, 1.165) is 83.5 Å². The summed E-state index contributed by atoms with van der Waals surface area (Å²) in [5.41, 5.74) is 0. The Hall–Kier alpha value is -2.81. The molecule has 0 spiro atoms. The molecule has 1 amide bonds. The molecule has 446 valence electrons. The fourth-order valence-corrected chi connectivity index (χ4v) is 9.58. The van der Waals surface area contributed by atoms with Gasteiger partial charge in [-0.25, -0.2) is 0 Å². The molecule has 1 N–H and O–H groups in total. The van der Waals surface area contributed by atoms with Crippen molar-refractivity contribution in [1.29, 1.82) is 0 Å². The van der Waals surface area contributed by atoms with Gasteiger partial charge in [0.2, 0.25) is 5.91 Å². The molecule has 0 radical (unpaired) electrons. The van der Waals surface area contributed by atoms with Crippen LogP contribution in [0.5, 0.6) is 0 Å². The van der Waals surface area contributed by atoms with Crippen LogP contribution in [0, 0.1) is 0 Å². The molecule has 77 heavy (non-hydrogen) atoms. The number of phosphoric acid groups is 1. The van der Waals surface area contributed by atoms with Gasteiger partial charge in [0.25, 0.3) is 7.82 Å². The van der Waals surface area contributed by atoms with Crippen LogP contribution in [0.4, 0.5) is 0 Å². The highest BCUT2D eigenvalue weighted by Gasteiger charge is 2.27. The van der Waals surface area contributed by atoms with E-state index in [4.69, 9.17) is 13.8 Å². The number of hydrogen-bond donors (Lipinski definition) is 1. The Bertz CT molecular complexity index is 1590. The fraction of sp³-hybridized carbons (Fsp3) is 0.761. The number of ether oxygens (including phenoxy) is 1. The van der Waals surface area contributed by atoms with Gasteiger partial charge in [-0.3, -0.25) is 14.2 Å². The summed E-state index contributed by atoms with van der Waals surface area (Å²) in [5.74, 6) is -0.625. The Kier molecular flexibility index (Phi) is 54.4. The number of carbonyl (C=O) groups excluding carboxylic acids is 2. The summed E-state index contributed by atoms with van der Waals surface area (Å²) in [5, 5.41) is 3.01. The summed E-state index contributed by atoms with van der Waals surface area (Å²) in [7, 11) is 1.15. The van der Waals surface area contributed by atoms with E-state index in [1.54, 1.807) is 0 Å². The number of esters is 1. The Morgan fingerprint density at radius 2 is 0.805 bits per heavy atom. The maximum Gasteiger partial charge on any atom is 0.306 e. The predicted octanol–water partition coefficient (Wildman–Crippen LogP) is 19.1. The molecular weight excluding hydrogens is 976 g/mol. The van der Waals surface area contributed by atoms with Crippen molar-refractivity contribution in [3.63, 3.8) is 0 Å². The zero-order valence-corrected chi connectivity index (χ0v) is 51.8. The lowest BCUT2D eigenvalue weighted by Gasteiger charge is -2.30. The van der Waals surface area contributed by atoms with Crippen LogP contribution in [0.2, 0.25) is 0 Å². The summed E-state index contributed by atoms with van der Waals surface area (Å²) in [6.45, 7) is 6.77. The van der Waals surface area contributed by atoms with Crippen molar-refractivity contribution in [3.8, 4) is 0 Å². The summed E-state index contributed by atoms with van der Waals surface area (Å²) in [6.07, 6.45) is 74.2. The lowest BCUT2D eigenvalue weighted by atomic mass is 10.0. The standard InChI is InChI=1S/C67H121N2O7P/c1-7-10-13-16-19-22-25-28-29-30-31-32-33-34-35-36-37-38-39-42-44-47-50-53-56-59-66(70)68-64(63-75-77(72,73)74-62-61-69(4,5)6)65(58-55-52-49-46-43-40-26-23-20-17-14-11-8-2)76-67(71)60-57-54-51-48-45-41-27-24-21-18-15-12-9-3/h19,22,28-29,31-32,34-35,41,45,51,54-55,58,64-65H,7-18,20-21,23-27,30,33,36-40,42-44,46-50,52-53,56-57,59-63H2,1-6H3,(H-,68,70,72,73)/b22-19-,29-28-,32-31-,35-34-,45-41-,54-51+,58-55-. The number of phosphoric ester groups is 1. The zero-order chi connectivity index (χ0) is 56.4. The Morgan fingerprint density at radius 1 is 0.455 bits per heavy atom. The van der Waals surface area contributed by atoms with Crippen molar-refractivity contribution < 1.29 is 37.3 Å². The fourth-order valence-electron chi connectivity index (χ4n) is 8.85. The van der Waals surface area contributed by atoms with Gasteiger partial charge in [-0.1, -0.05) is 254 Å². The third kappa shape index (κ3) is 57.7. The van der Waals surface area contributed by atoms with E-state index >= 15 is 0 Å². The Balaban J connectivity index is 5.22. The minimum absolute atomic E-state index is 0.0340. The highest BCUT2D eigenvalue weighted by molar-refractivity contribution is 7.45. The highest BCUT2D eigenvalue weighted by Crippen LogP contribution is 2.38. The predicted molar refractivity (Wildman–Crippen MR) is 330 cm³/mol. The van der Waals surface area contributed by atoms with Crippen LogP contribution in [-0.2, 0) is 27.9 Å². The number of rotatable bonds is 57. The molecule has 0 aromatic rings. The minimum atomic E-state index is -4.71. The maximum absolute atomic E-state index is 13.5. The molecule has 0 saturated carbocycles. The maximum atomic E-state index is 13.5. The van der Waals surface area contributed by atoms with Gasteiger partial charge in [-0.2, -0.15) is 0 Å². The molecule has 0 aliphatic heterocycles. The molecule has 0 heterocycles. The smallest absolute Gasteiger partial charge is 0.306 e. The van der Waals surface area contributed by atoms with E-state index < -0.39 is 32.5 Å². The van der Waals surface area contributed by atoms with E-state index in [1.807, 2.05) is 39.4 Å². The quantitative estimate of drug-likeness (QED) is 0.0212. The van der Waals surface area contributed by atoms with E-state index in [2.05, 4.69) is 92.9 Å². The molecule has 0 fully saturated rings. The van der Waals surface area contributed by atoms with Gasteiger partial charge in [-0.05, 0) is 96.0 Å². The van der Waals surface area contributed by atoms with Crippen LogP contribution in [0.1, 0.15) is 278 Å². The SMILES string of the molecule is CCCCC/C=C\C/C=C\C/C=C\C/C=C\CCCCCCCCCCCC(=O)NC(COP(=O)([O-])OCC[N+](C)(C)C)C(/C=C\CCCCCCCCCCCCC)OC(=O)CC/C=C/C/C=C\CCCCCCCC. The first-order valence-corrected chi connectivity index (χ1v) is 33.4. The topological polar surface area (TPSA) is 114 Å². The number of hydrogen-bond acceptors (Lipinski definition) is 7. The first-order valence-electron chi connectivity index (χ1n) is 31.9. The van der Waals surface area contributed by atoms with Crippen LogP contribution in [0.25, 0.3) is 0 Å². The van der Waals surface area contributed by atoms with Gasteiger partial charge in [0.1, 0.15) is 19.3 Å². The summed E-state index contributed by atoms with van der Waals surface area (Å²) >= 11 is 0. The molecule has 3 unspecified atom stereocenters. The molecule has 0 saturated heterocycles. The van der Waals surface area contributed by atoms with E-state index in [1.165, 1.54) is 154 Å². The number of nitrogens with one attached hydrogen (secondary N) is 1. The van der Waals surface area contributed by atoms with Gasteiger partial charge in [0, 0.05) is 12.8 Å². The number of nitrogens with zero attached hydrogens (tertiary/aromatic N) is 1. The first-order chi connectivity index (χ1) is 37.4. The molecule has 0 aromatic heterocycles. The molecule has 10 heteroatoms. The third-order valence-corrected chi connectivity index (χ3v) is 14.8. The average Bonchev–Trinajstić information content (AvgIpc) is 3.39. The second-order valence-electron chi connectivity index (χ2n) is 22.6. The zero-order valence-electron chi connectivity index (χ0n) is 50.9. The lowest BCUT2D eigenvalue weighted by Crippen LogP contribution is -2.47. The monoisotopic (exact) mass is 1100 g/mol. The molecule has 0 aliphatic carbocycles. The van der Waals surface area contributed by atoms with E-state index in [0.29, 0.717) is 23.9 Å². The molecule has 0 bridgehead atoms. The van der Waals surface area contributed by atoms with Crippen molar-refractivity contribution in [2.24, 2.45) is 0 Å². The van der Waals surface area contributed by atoms with E-state index in [9.17, 15) is 19.0 Å². The molecule has 0 aromatic carbocycles. The van der Waals surface area contributed by atoms with Crippen molar-refractivity contribution in [2.75, 3.05) is 40.9 Å². The van der Waals surface area contributed by atoms with Crippen molar-refractivity contribution in [1.82, 2.24) is 5.32 Å². The van der Waals surface area contributed by atoms with Gasteiger partial charge in [0.05, 0.1) is 33.8 Å².